The lowest BCUT2D eigenvalue weighted by Gasteiger charge is -2.25. The molecule has 11 N–H and O–H groups in total. The summed E-state index contributed by atoms with van der Waals surface area (Å²) < 4.78 is 0. The molecule has 0 aromatic rings. The van der Waals surface area contributed by atoms with Crippen molar-refractivity contribution in [2.45, 2.75) is 69.3 Å². The third-order valence-corrected chi connectivity index (χ3v) is 4.85. The summed E-state index contributed by atoms with van der Waals surface area (Å²) in [6.45, 7) is 1.57. The average Bonchev–Trinajstić information content (AvgIpc) is 2.72. The predicted molar refractivity (Wildman–Crippen MR) is 118 cm³/mol. The molecule has 14 heteroatoms. The molecule has 0 saturated heterocycles. The fraction of sp³-hybridized carbons (Fsp3) is 0.722. The molecule has 0 aromatic heterocycles. The summed E-state index contributed by atoms with van der Waals surface area (Å²) in [5, 5.41) is 25.6. The van der Waals surface area contributed by atoms with Crippen LogP contribution in [0.1, 0.15) is 39.0 Å². The van der Waals surface area contributed by atoms with Crippen molar-refractivity contribution in [2.24, 2.45) is 17.2 Å². The molecule has 184 valence electrons. The van der Waals surface area contributed by atoms with Crippen LogP contribution in [0.3, 0.4) is 0 Å². The number of aliphatic hydroxyl groups excluding tert-OH is 1. The second-order valence-electron chi connectivity index (χ2n) is 7.27. The number of rotatable bonds is 16. The quantitative estimate of drug-likeness (QED) is 0.0790. The van der Waals surface area contributed by atoms with Crippen LogP contribution in [0.25, 0.3) is 0 Å². The predicted octanol–water partition coefficient (Wildman–Crippen LogP) is -3.44. The van der Waals surface area contributed by atoms with Crippen LogP contribution in [-0.4, -0.2) is 82.4 Å². The molecule has 32 heavy (non-hydrogen) atoms. The highest BCUT2D eigenvalue weighted by Gasteiger charge is 2.31. The van der Waals surface area contributed by atoms with Gasteiger partial charge < -0.3 is 43.4 Å². The van der Waals surface area contributed by atoms with Gasteiger partial charge in [0, 0.05) is 12.2 Å². The lowest BCUT2D eigenvalue weighted by atomic mass is 10.1. The number of carboxylic acid groups (broad SMARTS) is 1. The summed E-state index contributed by atoms with van der Waals surface area (Å²) in [4.78, 5) is 59.5. The van der Waals surface area contributed by atoms with Crippen LogP contribution >= 0.6 is 12.6 Å². The van der Waals surface area contributed by atoms with E-state index in [1.807, 2.05) is 0 Å². The number of primary amides is 1. The van der Waals surface area contributed by atoms with Crippen molar-refractivity contribution in [3.63, 3.8) is 0 Å². The Kier molecular flexibility index (Phi) is 14.2. The number of amides is 4. The number of unbranched alkanes of at least 4 members (excludes halogenated alkanes) is 1. The van der Waals surface area contributed by atoms with E-state index in [0.29, 0.717) is 19.4 Å². The lowest BCUT2D eigenvalue weighted by molar-refractivity contribution is -0.145. The first-order chi connectivity index (χ1) is 14.9. The summed E-state index contributed by atoms with van der Waals surface area (Å²) in [6, 6.07) is -4.94. The molecule has 0 saturated carbocycles. The molecule has 0 aliphatic carbocycles. The number of carbonyl (C=O) groups excluding carboxylic acids is 4. The molecule has 0 aromatic carbocycles. The summed E-state index contributed by atoms with van der Waals surface area (Å²) in [6.07, 6.45) is -0.211. The first-order valence-electron chi connectivity index (χ1n) is 10.1. The van der Waals surface area contributed by atoms with Gasteiger partial charge in [0.25, 0.3) is 0 Å². The molecule has 4 amide bonds. The summed E-state index contributed by atoms with van der Waals surface area (Å²) in [7, 11) is 0. The van der Waals surface area contributed by atoms with Crippen molar-refractivity contribution in [1.29, 1.82) is 0 Å². The van der Waals surface area contributed by atoms with E-state index in [0.717, 1.165) is 0 Å². The van der Waals surface area contributed by atoms with Crippen molar-refractivity contribution in [2.75, 3.05) is 12.3 Å². The Morgan fingerprint density at radius 2 is 1.50 bits per heavy atom. The van der Waals surface area contributed by atoms with E-state index >= 15 is 0 Å². The van der Waals surface area contributed by atoms with Gasteiger partial charge in [-0.2, -0.15) is 12.6 Å². The number of nitrogens with one attached hydrogen (secondary N) is 3. The van der Waals surface area contributed by atoms with Crippen LogP contribution in [0.15, 0.2) is 0 Å². The minimum atomic E-state index is -1.58. The maximum Gasteiger partial charge on any atom is 0.328 e. The van der Waals surface area contributed by atoms with Crippen molar-refractivity contribution < 1.29 is 34.2 Å². The SMILES string of the molecule is CC(O)C(NC(=O)C(CS)NC(=O)C(CCCCN)NC(=O)C(N)CCC(N)=O)C(=O)O. The highest BCUT2D eigenvalue weighted by atomic mass is 32.1. The number of hydrogen-bond donors (Lipinski definition) is 9. The fourth-order valence-electron chi connectivity index (χ4n) is 2.58. The number of carboxylic acids is 1. The Morgan fingerprint density at radius 1 is 0.938 bits per heavy atom. The molecule has 0 bridgehead atoms. The van der Waals surface area contributed by atoms with Crippen LogP contribution in [-0.2, 0) is 24.0 Å². The molecule has 0 aliphatic heterocycles. The van der Waals surface area contributed by atoms with Crippen LogP contribution < -0.4 is 33.2 Å². The Morgan fingerprint density at radius 3 is 1.97 bits per heavy atom. The van der Waals surface area contributed by atoms with E-state index in [9.17, 15) is 29.1 Å². The van der Waals surface area contributed by atoms with Gasteiger partial charge in [0.2, 0.25) is 23.6 Å². The Balaban J connectivity index is 5.22. The maximum atomic E-state index is 12.7. The Hall–Kier alpha value is -2.42. The van der Waals surface area contributed by atoms with Gasteiger partial charge in [0.15, 0.2) is 6.04 Å². The number of aliphatic hydroxyl groups is 1. The third kappa shape index (κ3) is 11.3. The van der Waals surface area contributed by atoms with Crippen molar-refractivity contribution >= 4 is 42.2 Å². The molecular formula is C18H34N6O7S. The first kappa shape index (κ1) is 29.6. The lowest BCUT2D eigenvalue weighted by Crippen LogP contribution is -2.58. The first-order valence-corrected chi connectivity index (χ1v) is 10.7. The molecule has 13 nitrogen and oxygen atoms in total. The number of nitrogens with two attached hydrogens (primary N) is 3. The molecule has 0 fully saturated rings. The van der Waals surface area contributed by atoms with Crippen LogP contribution in [0, 0.1) is 0 Å². The number of hydrogen-bond acceptors (Lipinski definition) is 9. The fourth-order valence-corrected chi connectivity index (χ4v) is 2.84. The van der Waals surface area contributed by atoms with Crippen LogP contribution in [0.5, 0.6) is 0 Å². The highest BCUT2D eigenvalue weighted by molar-refractivity contribution is 7.80. The van der Waals surface area contributed by atoms with E-state index in [4.69, 9.17) is 22.3 Å². The number of carbonyl (C=O) groups is 5. The number of aliphatic carboxylic acids is 1. The zero-order chi connectivity index (χ0) is 24.8. The van der Waals surface area contributed by atoms with E-state index in [2.05, 4.69) is 28.6 Å². The smallest absolute Gasteiger partial charge is 0.328 e. The van der Waals surface area contributed by atoms with E-state index < -0.39 is 59.9 Å². The summed E-state index contributed by atoms with van der Waals surface area (Å²) in [5.41, 5.74) is 16.2. The van der Waals surface area contributed by atoms with Gasteiger partial charge in [-0.25, -0.2) is 4.79 Å². The van der Waals surface area contributed by atoms with Crippen molar-refractivity contribution in [1.82, 2.24) is 16.0 Å². The minimum absolute atomic E-state index is 0.00407. The van der Waals surface area contributed by atoms with Gasteiger partial charge >= 0.3 is 5.97 Å². The largest absolute Gasteiger partial charge is 0.480 e. The normalized spacial score (nSPS) is 15.5. The zero-order valence-electron chi connectivity index (χ0n) is 18.0. The van der Waals surface area contributed by atoms with E-state index in [1.54, 1.807) is 0 Å². The van der Waals surface area contributed by atoms with Crippen molar-refractivity contribution in [3.8, 4) is 0 Å². The highest BCUT2D eigenvalue weighted by Crippen LogP contribution is 2.05. The zero-order valence-corrected chi connectivity index (χ0v) is 18.8. The van der Waals surface area contributed by atoms with Gasteiger partial charge in [0.05, 0.1) is 12.1 Å². The van der Waals surface area contributed by atoms with Gasteiger partial charge in [-0.3, -0.25) is 19.2 Å². The van der Waals surface area contributed by atoms with Gasteiger partial charge in [0.1, 0.15) is 12.1 Å². The molecule has 5 atom stereocenters. The molecular weight excluding hydrogens is 444 g/mol. The summed E-state index contributed by atoms with van der Waals surface area (Å²) >= 11 is 4.01. The minimum Gasteiger partial charge on any atom is -0.480 e. The van der Waals surface area contributed by atoms with E-state index in [-0.39, 0.29) is 25.0 Å². The Labute approximate surface area is 191 Å². The second-order valence-corrected chi connectivity index (χ2v) is 7.63. The maximum absolute atomic E-state index is 12.7. The molecule has 0 aliphatic rings. The standard InChI is InChI=1S/C18H34N6O7S/c1-9(25)14(18(30)31)24-17(29)12(8-32)23-16(28)11(4-2-3-7-19)22-15(27)10(20)5-6-13(21)26/h9-12,14,25,32H,2-8,19-20H2,1H3,(H2,21,26)(H,22,27)(H,23,28)(H,24,29)(H,30,31). The van der Waals surface area contributed by atoms with Crippen LogP contribution in [0.4, 0.5) is 0 Å². The second kappa shape index (κ2) is 15.4. The number of thiol groups is 1. The van der Waals surface area contributed by atoms with Gasteiger partial charge in [-0.05, 0) is 39.2 Å². The molecule has 0 radical (unpaired) electrons. The molecule has 0 spiro atoms. The third-order valence-electron chi connectivity index (χ3n) is 4.48. The summed E-state index contributed by atoms with van der Waals surface area (Å²) in [5.74, 6) is -4.50. The topological polar surface area (TPSA) is 240 Å². The van der Waals surface area contributed by atoms with Crippen LogP contribution in [0.2, 0.25) is 0 Å². The van der Waals surface area contributed by atoms with E-state index in [1.165, 1.54) is 6.92 Å². The van der Waals surface area contributed by atoms with Gasteiger partial charge in [-0.15, -0.1) is 0 Å². The van der Waals surface area contributed by atoms with Gasteiger partial charge in [-0.1, -0.05) is 0 Å². The van der Waals surface area contributed by atoms with Crippen molar-refractivity contribution in [3.05, 3.63) is 0 Å². The molecule has 0 heterocycles. The monoisotopic (exact) mass is 478 g/mol. The molecule has 5 unspecified atom stereocenters. The Bertz CT molecular complexity index is 664. The average molecular weight is 479 g/mol. The molecule has 0 rings (SSSR count).